The third-order valence-corrected chi connectivity index (χ3v) is 5.44. The third-order valence-electron chi connectivity index (χ3n) is 2.49. The molecule has 102 valence electrons. The maximum atomic E-state index is 12.4. The molecule has 0 atom stereocenters. The number of benzene rings is 1. The van der Waals surface area contributed by atoms with Gasteiger partial charge in [0.25, 0.3) is 0 Å². The van der Waals surface area contributed by atoms with Crippen LogP contribution in [0, 0.1) is 0 Å². The van der Waals surface area contributed by atoms with Crippen molar-refractivity contribution in [3.63, 3.8) is 0 Å². The maximum absolute atomic E-state index is 12.4. The number of hydrogen-bond donors (Lipinski definition) is 2. The minimum atomic E-state index is -3.55. The summed E-state index contributed by atoms with van der Waals surface area (Å²) in [6.45, 7) is 2.39. The van der Waals surface area contributed by atoms with Crippen LogP contribution in [-0.2, 0) is 10.0 Å². The predicted molar refractivity (Wildman–Crippen MR) is 74.7 cm³/mol. The first-order valence-electron chi connectivity index (χ1n) is 5.59. The van der Waals surface area contributed by atoms with E-state index in [9.17, 15) is 8.42 Å². The number of anilines is 1. The average Bonchev–Trinajstić information content (AvgIpc) is 2.29. The predicted octanol–water partition coefficient (Wildman–Crippen LogP) is 1.42. The summed E-state index contributed by atoms with van der Waals surface area (Å²) >= 11 is 3.21. The summed E-state index contributed by atoms with van der Waals surface area (Å²) in [5, 5.41) is 8.79. The maximum Gasteiger partial charge on any atom is 0.244 e. The summed E-state index contributed by atoms with van der Waals surface area (Å²) in [5.74, 6) is 0. The number of hydrogen-bond acceptors (Lipinski definition) is 4. The van der Waals surface area contributed by atoms with Gasteiger partial charge in [0.1, 0.15) is 0 Å². The van der Waals surface area contributed by atoms with Gasteiger partial charge in [0, 0.05) is 29.9 Å². The molecule has 0 saturated heterocycles. The van der Waals surface area contributed by atoms with E-state index < -0.39 is 10.0 Å². The monoisotopic (exact) mass is 336 g/mol. The van der Waals surface area contributed by atoms with Crippen LogP contribution in [0.4, 0.5) is 5.69 Å². The minimum absolute atomic E-state index is 0.0328. The Hall–Kier alpha value is -0.630. The van der Waals surface area contributed by atoms with Crippen LogP contribution in [0.3, 0.4) is 0 Å². The normalized spacial score (nSPS) is 12.0. The van der Waals surface area contributed by atoms with Crippen molar-refractivity contribution in [1.82, 2.24) is 4.31 Å². The number of aliphatic hydroxyl groups is 1. The first-order valence-corrected chi connectivity index (χ1v) is 7.82. The molecule has 0 aromatic heterocycles. The van der Waals surface area contributed by atoms with Crippen LogP contribution in [0.5, 0.6) is 0 Å². The number of nitrogens with zero attached hydrogens (tertiary/aromatic N) is 1. The van der Waals surface area contributed by atoms with Crippen LogP contribution in [-0.4, -0.2) is 37.5 Å². The van der Waals surface area contributed by atoms with Crippen LogP contribution < -0.4 is 5.73 Å². The molecule has 1 aromatic rings. The van der Waals surface area contributed by atoms with Crippen molar-refractivity contribution in [2.75, 3.05) is 25.4 Å². The van der Waals surface area contributed by atoms with Gasteiger partial charge in [-0.05, 0) is 40.5 Å². The molecule has 0 unspecified atom stereocenters. The average molecular weight is 337 g/mol. The van der Waals surface area contributed by atoms with E-state index in [-0.39, 0.29) is 11.5 Å². The van der Waals surface area contributed by atoms with Crippen LogP contribution in [0.15, 0.2) is 27.6 Å². The highest BCUT2D eigenvalue weighted by molar-refractivity contribution is 9.10. The second kappa shape index (κ2) is 6.51. The number of rotatable bonds is 6. The number of halogens is 1. The van der Waals surface area contributed by atoms with Gasteiger partial charge in [0.15, 0.2) is 0 Å². The summed E-state index contributed by atoms with van der Waals surface area (Å²) in [6.07, 6.45) is 0.416. The van der Waals surface area contributed by atoms with E-state index in [4.69, 9.17) is 10.8 Å². The fourth-order valence-corrected chi connectivity index (χ4v) is 4.10. The zero-order valence-corrected chi connectivity index (χ0v) is 12.5. The van der Waals surface area contributed by atoms with Gasteiger partial charge in [0.05, 0.1) is 4.90 Å². The van der Waals surface area contributed by atoms with Crippen molar-refractivity contribution in [1.29, 1.82) is 0 Å². The minimum Gasteiger partial charge on any atom is -0.399 e. The number of nitrogens with two attached hydrogens (primary N) is 1. The molecule has 1 rings (SSSR count). The van der Waals surface area contributed by atoms with Crippen molar-refractivity contribution in [2.45, 2.75) is 18.2 Å². The molecular weight excluding hydrogens is 320 g/mol. The van der Waals surface area contributed by atoms with E-state index in [1.54, 1.807) is 19.1 Å². The first-order chi connectivity index (χ1) is 8.43. The molecule has 18 heavy (non-hydrogen) atoms. The Labute approximate surface area is 116 Å². The molecule has 0 aliphatic rings. The quantitative estimate of drug-likeness (QED) is 0.769. The Bertz CT molecular complexity index is 505. The van der Waals surface area contributed by atoms with Crippen LogP contribution in [0.1, 0.15) is 13.3 Å². The van der Waals surface area contributed by atoms with Crippen molar-refractivity contribution in [3.05, 3.63) is 22.7 Å². The molecule has 7 heteroatoms. The van der Waals surface area contributed by atoms with Crippen LogP contribution in [0.25, 0.3) is 0 Å². The Kier molecular flexibility index (Phi) is 5.58. The molecule has 5 nitrogen and oxygen atoms in total. The summed E-state index contributed by atoms with van der Waals surface area (Å²) < 4.78 is 26.5. The van der Waals surface area contributed by atoms with Gasteiger partial charge in [-0.1, -0.05) is 6.92 Å². The van der Waals surface area contributed by atoms with Crippen molar-refractivity contribution in [2.24, 2.45) is 0 Å². The van der Waals surface area contributed by atoms with Gasteiger partial charge in [0.2, 0.25) is 10.0 Å². The van der Waals surface area contributed by atoms with E-state index >= 15 is 0 Å². The number of nitrogen functional groups attached to an aromatic ring is 1. The first kappa shape index (κ1) is 15.4. The largest absolute Gasteiger partial charge is 0.399 e. The smallest absolute Gasteiger partial charge is 0.244 e. The highest BCUT2D eigenvalue weighted by Crippen LogP contribution is 2.27. The van der Waals surface area contributed by atoms with E-state index in [0.717, 1.165) is 0 Å². The molecule has 0 amide bonds. The molecule has 0 aliphatic carbocycles. The molecule has 0 fully saturated rings. The third kappa shape index (κ3) is 3.44. The van der Waals surface area contributed by atoms with Gasteiger partial charge in [-0.15, -0.1) is 0 Å². The van der Waals surface area contributed by atoms with Gasteiger partial charge in [-0.3, -0.25) is 0 Å². The number of aliphatic hydroxyl groups excluding tert-OH is 1. The molecule has 0 heterocycles. The standard InChI is InChI=1S/C11H17BrN2O3S/c1-2-14(6-3-7-15)18(16,17)11-5-4-9(13)8-10(11)12/h4-5,8,15H,2-3,6-7,13H2,1H3. The zero-order valence-electron chi connectivity index (χ0n) is 10.1. The highest BCUT2D eigenvalue weighted by Gasteiger charge is 2.24. The highest BCUT2D eigenvalue weighted by atomic mass is 79.9. The van der Waals surface area contributed by atoms with E-state index in [1.165, 1.54) is 10.4 Å². The Morgan fingerprint density at radius 3 is 2.61 bits per heavy atom. The fourth-order valence-electron chi connectivity index (χ4n) is 1.56. The SMILES string of the molecule is CCN(CCCO)S(=O)(=O)c1ccc(N)cc1Br. The second-order valence-electron chi connectivity index (χ2n) is 3.76. The van der Waals surface area contributed by atoms with E-state index in [1.807, 2.05) is 0 Å². The molecular formula is C11H17BrN2O3S. The van der Waals surface area contributed by atoms with Gasteiger partial charge in [-0.2, -0.15) is 4.31 Å². The lowest BCUT2D eigenvalue weighted by molar-refractivity contribution is 0.271. The van der Waals surface area contributed by atoms with Crippen molar-refractivity contribution < 1.29 is 13.5 Å². The summed E-state index contributed by atoms with van der Waals surface area (Å²) in [6, 6.07) is 4.60. The molecule has 3 N–H and O–H groups in total. The molecule has 0 bridgehead atoms. The zero-order chi connectivity index (χ0) is 13.8. The van der Waals surface area contributed by atoms with Crippen LogP contribution in [0.2, 0.25) is 0 Å². The fraction of sp³-hybridized carbons (Fsp3) is 0.455. The Morgan fingerprint density at radius 1 is 1.44 bits per heavy atom. The van der Waals surface area contributed by atoms with Gasteiger partial charge < -0.3 is 10.8 Å². The van der Waals surface area contributed by atoms with E-state index in [2.05, 4.69) is 15.9 Å². The van der Waals surface area contributed by atoms with E-state index in [0.29, 0.717) is 29.7 Å². The molecule has 0 radical (unpaired) electrons. The lowest BCUT2D eigenvalue weighted by atomic mass is 10.3. The Morgan fingerprint density at radius 2 is 2.11 bits per heavy atom. The summed E-state index contributed by atoms with van der Waals surface area (Å²) in [4.78, 5) is 0.191. The van der Waals surface area contributed by atoms with Crippen molar-refractivity contribution >= 4 is 31.6 Å². The van der Waals surface area contributed by atoms with Crippen molar-refractivity contribution in [3.8, 4) is 0 Å². The second-order valence-corrected chi connectivity index (χ2v) is 6.52. The molecule has 0 spiro atoms. The molecule has 0 saturated carbocycles. The lowest BCUT2D eigenvalue weighted by Gasteiger charge is -2.20. The lowest BCUT2D eigenvalue weighted by Crippen LogP contribution is -2.32. The van der Waals surface area contributed by atoms with Gasteiger partial charge >= 0.3 is 0 Å². The topological polar surface area (TPSA) is 83.6 Å². The summed E-state index contributed by atoms with van der Waals surface area (Å²) in [7, 11) is -3.55. The molecule has 0 aliphatic heterocycles. The molecule has 1 aromatic carbocycles. The Balaban J connectivity index is 3.10. The van der Waals surface area contributed by atoms with Crippen LogP contribution >= 0.6 is 15.9 Å². The summed E-state index contributed by atoms with van der Waals surface area (Å²) in [5.41, 5.74) is 6.09. The number of sulfonamides is 1. The van der Waals surface area contributed by atoms with Gasteiger partial charge in [-0.25, -0.2) is 8.42 Å².